The Labute approximate surface area is 438 Å². The minimum Gasteiger partial charge on any atom is -0.493 e. The van der Waals surface area contributed by atoms with Gasteiger partial charge in [0.25, 0.3) is 0 Å². The predicted octanol–water partition coefficient (Wildman–Crippen LogP) is 11.0. The molecule has 14 heteroatoms. The third kappa shape index (κ3) is 15.5. The Kier molecular flexibility index (Phi) is 23.4. The molecular weight excluding hydrogens is 966 g/mol. The first-order chi connectivity index (χ1) is 32.5. The van der Waals surface area contributed by atoms with Crippen molar-refractivity contribution >= 4 is 71.6 Å². The summed E-state index contributed by atoms with van der Waals surface area (Å²) in [6, 6.07) is 33.4. The third-order valence-corrected chi connectivity index (χ3v) is 14.1. The minimum atomic E-state index is -0.168. The van der Waals surface area contributed by atoms with Crippen LogP contribution in [0.15, 0.2) is 115 Å². The first kappa shape index (κ1) is 56.8. The molecule has 0 amide bonds. The van der Waals surface area contributed by atoms with Gasteiger partial charge in [-0.05, 0) is 137 Å². The van der Waals surface area contributed by atoms with Crippen molar-refractivity contribution in [2.24, 2.45) is 0 Å². The van der Waals surface area contributed by atoms with Crippen molar-refractivity contribution in [3.05, 3.63) is 151 Å². The minimum absolute atomic E-state index is 0. The lowest BCUT2D eigenvalue weighted by molar-refractivity contribution is 0.124. The summed E-state index contributed by atoms with van der Waals surface area (Å²) in [4.78, 5) is 34.9. The van der Waals surface area contributed by atoms with Gasteiger partial charge in [0.1, 0.15) is 22.7 Å². The molecule has 4 aromatic carbocycles. The summed E-state index contributed by atoms with van der Waals surface area (Å²) in [5.41, 5.74) is 7.90. The van der Waals surface area contributed by atoms with Crippen LogP contribution in [0, 0.1) is 0 Å². The van der Waals surface area contributed by atoms with Crippen LogP contribution < -0.4 is 20.7 Å². The third-order valence-electron chi connectivity index (χ3n) is 14.1. The number of rotatable bonds is 16. The Morgan fingerprint density at radius 1 is 0.414 bits per heavy atom. The van der Waals surface area contributed by atoms with E-state index >= 15 is 0 Å². The zero-order valence-electron chi connectivity index (χ0n) is 40.5. The van der Waals surface area contributed by atoms with Crippen LogP contribution in [0.3, 0.4) is 0 Å². The first-order valence-electron chi connectivity index (χ1n) is 24.9. The molecule has 10 nitrogen and oxygen atoms in total. The second-order valence-electron chi connectivity index (χ2n) is 18.7. The molecule has 6 aromatic rings. The standard InChI is InChI=1S/2C28H34N2O3.4ClH/c2*31-28-26-11-5-4-10-24(26)25-13-12-23(20-27(25)33-28)32-19-7-6-14-29-15-17-30(18-16-29)21-22-8-2-1-3-9-22;;;;/h2*1-3,8-9,12-13,20H,4-7,10-11,14-19,21H2;4*1H. The Bertz CT molecular complexity index is 2440. The summed E-state index contributed by atoms with van der Waals surface area (Å²) >= 11 is 0. The molecule has 0 saturated carbocycles. The number of piperazine rings is 2. The van der Waals surface area contributed by atoms with E-state index in [4.69, 9.17) is 18.3 Å². The number of benzene rings is 4. The van der Waals surface area contributed by atoms with E-state index in [0.29, 0.717) is 24.4 Å². The molecule has 2 fully saturated rings. The maximum Gasteiger partial charge on any atom is 0.339 e. The summed E-state index contributed by atoms with van der Waals surface area (Å²) in [7, 11) is 0. The summed E-state index contributed by atoms with van der Waals surface area (Å²) in [5.74, 6) is 1.58. The smallest absolute Gasteiger partial charge is 0.339 e. The Balaban J connectivity index is 0.000000247. The highest BCUT2D eigenvalue weighted by Crippen LogP contribution is 2.31. The van der Waals surface area contributed by atoms with Crippen LogP contribution in [0.5, 0.6) is 11.5 Å². The highest BCUT2D eigenvalue weighted by molar-refractivity contribution is 5.86. The van der Waals surface area contributed by atoms with E-state index in [-0.39, 0.29) is 60.9 Å². The lowest BCUT2D eigenvalue weighted by Gasteiger charge is -2.34. The van der Waals surface area contributed by atoms with Gasteiger partial charge in [-0.15, -0.1) is 49.6 Å². The van der Waals surface area contributed by atoms with E-state index in [0.717, 1.165) is 189 Å². The van der Waals surface area contributed by atoms with E-state index < -0.39 is 0 Å². The fourth-order valence-electron chi connectivity index (χ4n) is 10.3. The highest BCUT2D eigenvalue weighted by atomic mass is 35.5. The Hall–Kier alpha value is -4.10. The number of hydrogen-bond donors (Lipinski definition) is 0. The molecule has 0 N–H and O–H groups in total. The number of unbranched alkanes of at least 4 members (excludes halogenated alkanes) is 2. The second-order valence-corrected chi connectivity index (χ2v) is 18.7. The average Bonchev–Trinajstić information content (AvgIpc) is 3.36. The van der Waals surface area contributed by atoms with Crippen molar-refractivity contribution in [1.29, 1.82) is 0 Å². The number of halogens is 4. The quantitative estimate of drug-likeness (QED) is 0.0689. The van der Waals surface area contributed by atoms with Crippen LogP contribution in [0.2, 0.25) is 0 Å². The highest BCUT2D eigenvalue weighted by Gasteiger charge is 2.21. The van der Waals surface area contributed by atoms with Gasteiger partial charge < -0.3 is 28.1 Å². The van der Waals surface area contributed by atoms with Crippen molar-refractivity contribution < 1.29 is 18.3 Å². The maximum absolute atomic E-state index is 12.3. The molecule has 2 aliphatic heterocycles. The van der Waals surface area contributed by atoms with Crippen molar-refractivity contribution in [2.45, 2.75) is 90.1 Å². The molecule has 0 atom stereocenters. The normalized spacial score (nSPS) is 16.2. The van der Waals surface area contributed by atoms with Gasteiger partial charge in [0, 0.05) is 99.5 Å². The van der Waals surface area contributed by atoms with Crippen LogP contribution in [0.1, 0.15) is 84.7 Å². The lowest BCUT2D eigenvalue weighted by Crippen LogP contribution is -2.46. The Morgan fingerprint density at radius 3 is 1.16 bits per heavy atom. The van der Waals surface area contributed by atoms with Crippen molar-refractivity contribution in [2.75, 3.05) is 78.7 Å². The molecule has 2 aliphatic carbocycles. The summed E-state index contributed by atoms with van der Waals surface area (Å²) in [6.45, 7) is 14.8. The molecule has 2 saturated heterocycles. The molecule has 4 aliphatic rings. The molecule has 0 radical (unpaired) electrons. The molecular formula is C56H72Cl4N4O6. The van der Waals surface area contributed by atoms with Gasteiger partial charge in [0.2, 0.25) is 0 Å². The number of aryl methyl sites for hydroxylation is 2. The molecule has 10 rings (SSSR count). The molecule has 380 valence electrons. The van der Waals surface area contributed by atoms with Gasteiger partial charge in [0.15, 0.2) is 0 Å². The fraction of sp³-hybridized carbons (Fsp3) is 0.464. The van der Waals surface area contributed by atoms with E-state index in [9.17, 15) is 9.59 Å². The number of nitrogens with zero attached hydrogens (tertiary/aromatic N) is 4. The van der Waals surface area contributed by atoms with Crippen LogP contribution >= 0.6 is 49.6 Å². The van der Waals surface area contributed by atoms with Crippen molar-refractivity contribution in [3.8, 4) is 11.5 Å². The summed E-state index contributed by atoms with van der Waals surface area (Å²) in [5, 5.41) is 2.14. The van der Waals surface area contributed by atoms with E-state index in [1.54, 1.807) is 0 Å². The number of fused-ring (bicyclic) bond motifs is 6. The maximum atomic E-state index is 12.3. The molecule has 0 unspecified atom stereocenters. The zero-order valence-corrected chi connectivity index (χ0v) is 43.8. The van der Waals surface area contributed by atoms with Gasteiger partial charge in [-0.3, -0.25) is 9.80 Å². The van der Waals surface area contributed by atoms with Crippen molar-refractivity contribution in [3.63, 3.8) is 0 Å². The lowest BCUT2D eigenvalue weighted by atomic mass is 9.91. The van der Waals surface area contributed by atoms with E-state index in [2.05, 4.69) is 92.4 Å². The summed E-state index contributed by atoms with van der Waals surface area (Å²) < 4.78 is 23.2. The van der Waals surface area contributed by atoms with Crippen LogP contribution in [-0.2, 0) is 38.8 Å². The average molecular weight is 1040 g/mol. The summed E-state index contributed by atoms with van der Waals surface area (Å²) in [6.07, 6.45) is 12.4. The molecule has 2 aromatic heterocycles. The van der Waals surface area contributed by atoms with Gasteiger partial charge in [-0.1, -0.05) is 60.7 Å². The SMILES string of the molecule is Cl.Cl.Cl.Cl.O=c1oc2cc(OCCCCN3CCN(Cc4ccccc4)CC3)ccc2c2c1CCCC2.O=c1oc2cc(OCCCCN3CCN(Cc4ccccc4)CC3)ccc2c2c1CCCC2. The number of ether oxygens (including phenoxy) is 2. The van der Waals surface area contributed by atoms with Gasteiger partial charge >= 0.3 is 11.3 Å². The monoisotopic (exact) mass is 1040 g/mol. The topological polar surface area (TPSA) is 91.8 Å². The van der Waals surface area contributed by atoms with Gasteiger partial charge in [-0.2, -0.15) is 0 Å². The van der Waals surface area contributed by atoms with Crippen LogP contribution in [0.25, 0.3) is 21.9 Å². The molecule has 70 heavy (non-hydrogen) atoms. The zero-order chi connectivity index (χ0) is 44.9. The van der Waals surface area contributed by atoms with E-state index in [1.165, 1.54) is 22.3 Å². The first-order valence-corrected chi connectivity index (χ1v) is 24.9. The fourth-order valence-corrected chi connectivity index (χ4v) is 10.3. The van der Waals surface area contributed by atoms with E-state index in [1.807, 2.05) is 24.3 Å². The largest absolute Gasteiger partial charge is 0.493 e. The second kappa shape index (κ2) is 28.8. The number of hydrogen-bond acceptors (Lipinski definition) is 10. The van der Waals surface area contributed by atoms with Crippen LogP contribution in [-0.4, -0.2) is 98.3 Å². The van der Waals surface area contributed by atoms with Gasteiger partial charge in [-0.25, -0.2) is 9.59 Å². The molecule has 4 heterocycles. The molecule has 0 spiro atoms. The Morgan fingerprint density at radius 2 is 0.771 bits per heavy atom. The van der Waals surface area contributed by atoms with Gasteiger partial charge in [0.05, 0.1) is 13.2 Å². The molecule has 0 bridgehead atoms. The van der Waals surface area contributed by atoms with Crippen LogP contribution in [0.4, 0.5) is 0 Å². The predicted molar refractivity (Wildman–Crippen MR) is 293 cm³/mol. The van der Waals surface area contributed by atoms with Crippen molar-refractivity contribution in [1.82, 2.24) is 19.6 Å².